The number of hydrogen-bond donors (Lipinski definition) is 1. The van der Waals surface area contributed by atoms with E-state index >= 15 is 0 Å². The van der Waals surface area contributed by atoms with Gasteiger partial charge in [-0.3, -0.25) is 4.79 Å². The fourth-order valence-corrected chi connectivity index (χ4v) is 3.48. The van der Waals surface area contributed by atoms with Crippen LogP contribution >= 0.6 is 12.4 Å². The van der Waals surface area contributed by atoms with Gasteiger partial charge in [-0.1, -0.05) is 30.3 Å². The van der Waals surface area contributed by atoms with Crippen molar-refractivity contribution >= 4 is 18.3 Å². The number of carbonyl (C=O) groups is 1. The molecule has 4 nitrogen and oxygen atoms in total. The van der Waals surface area contributed by atoms with Crippen LogP contribution in [-0.4, -0.2) is 43.2 Å². The van der Waals surface area contributed by atoms with Crippen molar-refractivity contribution in [2.45, 2.75) is 38.0 Å². The standard InChI is InChI=1S/C17H24N2O2.ClH/c1-19(12-13-5-3-2-4-6-13)17(20)14-7-8-16-15(11-14)18-9-10-21-16;/h2-6,14-16,18H,7-12H2,1H3;1H/t14-,15+,16+;/m0./s1. The number of morpholine rings is 1. The van der Waals surface area contributed by atoms with Crippen LogP contribution in [0.4, 0.5) is 0 Å². The van der Waals surface area contributed by atoms with Crippen molar-refractivity contribution in [3.63, 3.8) is 0 Å². The van der Waals surface area contributed by atoms with E-state index in [-0.39, 0.29) is 24.2 Å². The molecule has 1 aliphatic heterocycles. The Labute approximate surface area is 138 Å². The van der Waals surface area contributed by atoms with Gasteiger partial charge in [0, 0.05) is 32.1 Å². The Kier molecular flexibility index (Phi) is 6.24. The van der Waals surface area contributed by atoms with Gasteiger partial charge in [-0.2, -0.15) is 0 Å². The average molecular weight is 325 g/mol. The van der Waals surface area contributed by atoms with Gasteiger partial charge in [-0.05, 0) is 24.8 Å². The zero-order valence-corrected chi connectivity index (χ0v) is 13.8. The van der Waals surface area contributed by atoms with Gasteiger partial charge in [0.25, 0.3) is 0 Å². The topological polar surface area (TPSA) is 41.6 Å². The Balaban J connectivity index is 0.00000176. The van der Waals surface area contributed by atoms with Gasteiger partial charge < -0.3 is 15.0 Å². The van der Waals surface area contributed by atoms with Crippen molar-refractivity contribution in [2.24, 2.45) is 5.92 Å². The summed E-state index contributed by atoms with van der Waals surface area (Å²) >= 11 is 0. The maximum atomic E-state index is 12.6. The number of halogens is 1. The number of ether oxygens (including phenoxy) is 1. The minimum absolute atomic E-state index is 0. The van der Waals surface area contributed by atoms with Crippen molar-refractivity contribution < 1.29 is 9.53 Å². The van der Waals surface area contributed by atoms with Crippen LogP contribution in [0.25, 0.3) is 0 Å². The molecule has 22 heavy (non-hydrogen) atoms. The van der Waals surface area contributed by atoms with E-state index in [0.29, 0.717) is 18.7 Å². The monoisotopic (exact) mass is 324 g/mol. The summed E-state index contributed by atoms with van der Waals surface area (Å²) in [7, 11) is 1.91. The van der Waals surface area contributed by atoms with Crippen molar-refractivity contribution in [2.75, 3.05) is 20.2 Å². The predicted molar refractivity (Wildman–Crippen MR) is 89.0 cm³/mol. The Morgan fingerprint density at radius 2 is 2.09 bits per heavy atom. The molecule has 0 unspecified atom stereocenters. The predicted octanol–water partition coefficient (Wildman–Crippen LogP) is 2.22. The van der Waals surface area contributed by atoms with E-state index in [1.54, 1.807) is 0 Å². The summed E-state index contributed by atoms with van der Waals surface area (Å²) in [5.74, 6) is 0.402. The number of benzene rings is 1. The first-order valence-corrected chi connectivity index (χ1v) is 7.88. The molecule has 1 amide bonds. The number of nitrogens with zero attached hydrogens (tertiary/aromatic N) is 1. The molecule has 0 spiro atoms. The molecular formula is C17H25ClN2O2. The third-order valence-electron chi connectivity index (χ3n) is 4.62. The quantitative estimate of drug-likeness (QED) is 0.927. The van der Waals surface area contributed by atoms with E-state index in [0.717, 1.165) is 32.4 Å². The molecule has 1 N–H and O–H groups in total. The summed E-state index contributed by atoms with van der Waals surface area (Å²) in [6, 6.07) is 10.5. The number of carbonyl (C=O) groups excluding carboxylic acids is 1. The molecule has 0 bridgehead atoms. The fourth-order valence-electron chi connectivity index (χ4n) is 3.48. The second-order valence-corrected chi connectivity index (χ2v) is 6.16. The lowest BCUT2D eigenvalue weighted by molar-refractivity contribution is -0.138. The lowest BCUT2D eigenvalue weighted by atomic mass is 9.82. The second kappa shape index (κ2) is 7.95. The molecule has 0 radical (unpaired) electrons. The summed E-state index contributed by atoms with van der Waals surface area (Å²) in [4.78, 5) is 14.5. The summed E-state index contributed by atoms with van der Waals surface area (Å²) < 4.78 is 5.78. The molecule has 1 saturated carbocycles. The van der Waals surface area contributed by atoms with E-state index in [9.17, 15) is 4.79 Å². The summed E-state index contributed by atoms with van der Waals surface area (Å²) in [5, 5.41) is 3.50. The lowest BCUT2D eigenvalue weighted by Gasteiger charge is -2.40. The zero-order valence-electron chi connectivity index (χ0n) is 13.0. The van der Waals surface area contributed by atoms with Crippen molar-refractivity contribution in [1.29, 1.82) is 0 Å². The highest BCUT2D eigenvalue weighted by molar-refractivity contribution is 5.85. The highest BCUT2D eigenvalue weighted by Crippen LogP contribution is 2.29. The molecule has 1 aromatic carbocycles. The van der Waals surface area contributed by atoms with Gasteiger partial charge >= 0.3 is 0 Å². The first-order valence-electron chi connectivity index (χ1n) is 7.88. The molecule has 1 aromatic rings. The smallest absolute Gasteiger partial charge is 0.225 e. The lowest BCUT2D eigenvalue weighted by Crippen LogP contribution is -2.53. The molecule has 0 aromatic heterocycles. The molecule has 1 heterocycles. The number of amides is 1. The van der Waals surface area contributed by atoms with Crippen molar-refractivity contribution in [1.82, 2.24) is 10.2 Å². The number of nitrogens with one attached hydrogen (secondary N) is 1. The molecule has 1 aliphatic carbocycles. The van der Waals surface area contributed by atoms with Crippen LogP contribution in [0.15, 0.2) is 30.3 Å². The summed E-state index contributed by atoms with van der Waals surface area (Å²) in [6.45, 7) is 2.39. The Morgan fingerprint density at radius 1 is 1.32 bits per heavy atom. The summed E-state index contributed by atoms with van der Waals surface area (Å²) in [5.41, 5.74) is 1.18. The van der Waals surface area contributed by atoms with Gasteiger partial charge in [0.15, 0.2) is 0 Å². The Bertz CT molecular complexity index is 483. The van der Waals surface area contributed by atoms with Crippen LogP contribution < -0.4 is 5.32 Å². The number of rotatable bonds is 3. The van der Waals surface area contributed by atoms with Crippen molar-refractivity contribution in [3.8, 4) is 0 Å². The zero-order chi connectivity index (χ0) is 14.7. The normalized spacial score (nSPS) is 27.4. The third-order valence-corrected chi connectivity index (χ3v) is 4.62. The van der Waals surface area contributed by atoms with Gasteiger partial charge in [0.1, 0.15) is 0 Å². The molecular weight excluding hydrogens is 300 g/mol. The molecule has 122 valence electrons. The van der Waals surface area contributed by atoms with Crippen LogP contribution in [0.5, 0.6) is 0 Å². The highest BCUT2D eigenvalue weighted by Gasteiger charge is 2.36. The minimum Gasteiger partial charge on any atom is -0.375 e. The molecule has 3 rings (SSSR count). The van der Waals surface area contributed by atoms with Gasteiger partial charge in [-0.25, -0.2) is 0 Å². The van der Waals surface area contributed by atoms with E-state index in [1.807, 2.05) is 30.1 Å². The Morgan fingerprint density at radius 3 is 2.86 bits per heavy atom. The first-order chi connectivity index (χ1) is 10.2. The van der Waals surface area contributed by atoms with Gasteiger partial charge in [0.05, 0.1) is 12.7 Å². The van der Waals surface area contributed by atoms with Crippen molar-refractivity contribution in [3.05, 3.63) is 35.9 Å². The van der Waals surface area contributed by atoms with Crippen LogP contribution in [0.2, 0.25) is 0 Å². The fraction of sp³-hybridized carbons (Fsp3) is 0.588. The van der Waals surface area contributed by atoms with E-state index in [2.05, 4.69) is 17.4 Å². The first kappa shape index (κ1) is 17.3. The minimum atomic E-state index is 0. The Hall–Kier alpha value is -1.10. The van der Waals surface area contributed by atoms with Gasteiger partial charge in [0.2, 0.25) is 5.91 Å². The highest BCUT2D eigenvalue weighted by atomic mass is 35.5. The average Bonchev–Trinajstić information content (AvgIpc) is 2.54. The third kappa shape index (κ3) is 4.00. The molecule has 2 fully saturated rings. The van der Waals surface area contributed by atoms with E-state index < -0.39 is 0 Å². The molecule has 3 atom stereocenters. The molecule has 1 saturated heterocycles. The second-order valence-electron chi connectivity index (χ2n) is 6.16. The molecule has 5 heteroatoms. The number of fused-ring (bicyclic) bond motifs is 1. The van der Waals surface area contributed by atoms with Crippen LogP contribution in [0.3, 0.4) is 0 Å². The molecule has 2 aliphatic rings. The largest absolute Gasteiger partial charge is 0.375 e. The SMILES string of the molecule is CN(Cc1ccccc1)C(=O)[C@H]1CC[C@H]2OCCN[C@@H]2C1.Cl. The van der Waals surface area contributed by atoms with E-state index in [1.165, 1.54) is 5.56 Å². The van der Waals surface area contributed by atoms with Gasteiger partial charge in [-0.15, -0.1) is 12.4 Å². The van der Waals surface area contributed by atoms with Crippen LogP contribution in [0, 0.1) is 5.92 Å². The van der Waals surface area contributed by atoms with E-state index in [4.69, 9.17) is 4.74 Å². The van der Waals surface area contributed by atoms with Crippen LogP contribution in [-0.2, 0) is 16.1 Å². The van der Waals surface area contributed by atoms with Crippen LogP contribution in [0.1, 0.15) is 24.8 Å². The maximum absolute atomic E-state index is 12.6. The maximum Gasteiger partial charge on any atom is 0.225 e. The number of hydrogen-bond acceptors (Lipinski definition) is 3. The summed E-state index contributed by atoms with van der Waals surface area (Å²) in [6.07, 6.45) is 3.15.